The van der Waals surface area contributed by atoms with Crippen LogP contribution in [-0.4, -0.2) is 39.1 Å². The average Bonchev–Trinajstić information content (AvgIpc) is 3.18. The van der Waals surface area contributed by atoms with E-state index in [1.807, 2.05) is 0 Å². The number of anilines is 1. The van der Waals surface area contributed by atoms with Gasteiger partial charge in [-0.15, -0.1) is 10.2 Å². The highest BCUT2D eigenvalue weighted by atomic mass is 35.5. The summed E-state index contributed by atoms with van der Waals surface area (Å²) in [4.78, 5) is 18.9. The molecular weight excluding hydrogens is 449 g/mol. The molecule has 0 radical (unpaired) electrons. The largest absolute Gasteiger partial charge is 0.419 e. The number of likely N-dealkylation sites (tertiary alicyclic amines) is 1. The van der Waals surface area contributed by atoms with Gasteiger partial charge in [-0.25, -0.2) is 4.98 Å². The Morgan fingerprint density at radius 2 is 2.00 bits per heavy atom. The molecule has 1 aliphatic rings. The number of aromatic nitrogens is 3. The minimum Gasteiger partial charge on any atom is -0.419 e. The maximum Gasteiger partial charge on any atom is 0.249 e. The van der Waals surface area contributed by atoms with Crippen molar-refractivity contribution in [2.45, 2.75) is 19.4 Å². The zero-order valence-corrected chi connectivity index (χ0v) is 18.1. The molecule has 3 heterocycles. The van der Waals surface area contributed by atoms with Gasteiger partial charge in [-0.2, -0.15) is 0 Å². The fourth-order valence-corrected chi connectivity index (χ4v) is 3.97. The molecule has 2 aromatic heterocycles. The Labute approximate surface area is 188 Å². The van der Waals surface area contributed by atoms with Crippen LogP contribution in [0.2, 0.25) is 15.1 Å². The number of pyridine rings is 1. The molecule has 0 saturated carbocycles. The third-order valence-corrected chi connectivity index (χ3v) is 5.61. The van der Waals surface area contributed by atoms with Gasteiger partial charge in [0.05, 0.1) is 28.1 Å². The van der Waals surface area contributed by atoms with Gasteiger partial charge in [-0.3, -0.25) is 9.69 Å². The van der Waals surface area contributed by atoms with Crippen LogP contribution in [0.5, 0.6) is 0 Å². The second-order valence-corrected chi connectivity index (χ2v) is 8.33. The second-order valence-electron chi connectivity index (χ2n) is 7.05. The van der Waals surface area contributed by atoms with Crippen molar-refractivity contribution in [3.63, 3.8) is 0 Å². The normalized spacial score (nSPS) is 17.1. The van der Waals surface area contributed by atoms with Crippen LogP contribution in [0.3, 0.4) is 0 Å². The number of nitrogens with zero attached hydrogens (tertiary/aromatic N) is 4. The van der Waals surface area contributed by atoms with E-state index in [4.69, 9.17) is 39.2 Å². The summed E-state index contributed by atoms with van der Waals surface area (Å²) in [5, 5.41) is 12.6. The summed E-state index contributed by atoms with van der Waals surface area (Å²) in [6.07, 6.45) is 3.21. The van der Waals surface area contributed by atoms with Crippen molar-refractivity contribution in [2.75, 3.05) is 18.4 Å². The van der Waals surface area contributed by atoms with Gasteiger partial charge in [-0.05, 0) is 49.7 Å². The molecule has 1 fully saturated rings. The zero-order chi connectivity index (χ0) is 21.1. The highest BCUT2D eigenvalue weighted by Gasteiger charge is 2.27. The average molecular weight is 467 g/mol. The highest BCUT2D eigenvalue weighted by Crippen LogP contribution is 2.30. The Bertz CT molecular complexity index is 1040. The highest BCUT2D eigenvalue weighted by molar-refractivity contribution is 6.36. The number of rotatable bonds is 5. The second kappa shape index (κ2) is 9.31. The summed E-state index contributed by atoms with van der Waals surface area (Å²) < 4.78 is 5.78. The number of carbonyl (C=O) groups is 1. The first-order valence-corrected chi connectivity index (χ1v) is 10.5. The molecule has 1 aliphatic heterocycles. The number of piperidine rings is 1. The lowest BCUT2D eigenvalue weighted by molar-refractivity contribution is -0.121. The van der Waals surface area contributed by atoms with Crippen molar-refractivity contribution in [1.29, 1.82) is 0 Å². The molecule has 1 unspecified atom stereocenters. The van der Waals surface area contributed by atoms with Gasteiger partial charge in [0.2, 0.25) is 17.7 Å². The summed E-state index contributed by atoms with van der Waals surface area (Å²) in [6, 6.07) is 8.47. The van der Waals surface area contributed by atoms with E-state index in [2.05, 4.69) is 25.4 Å². The number of amides is 1. The molecule has 1 saturated heterocycles. The molecule has 1 amide bonds. The molecule has 0 bridgehead atoms. The number of hydrogen-bond acceptors (Lipinski definition) is 6. The number of hydrogen-bond donors (Lipinski definition) is 1. The molecule has 1 N–H and O–H groups in total. The van der Waals surface area contributed by atoms with Crippen LogP contribution in [0, 0.1) is 5.92 Å². The molecule has 0 spiro atoms. The van der Waals surface area contributed by atoms with E-state index in [0.717, 1.165) is 19.4 Å². The molecular formula is C20H18Cl3N5O2. The number of nitrogens with one attached hydrogen (secondary N) is 1. The Balaban J connectivity index is 1.37. The fraction of sp³-hybridized carbons (Fsp3) is 0.300. The smallest absolute Gasteiger partial charge is 0.249 e. The van der Waals surface area contributed by atoms with Crippen molar-refractivity contribution in [1.82, 2.24) is 20.1 Å². The maximum atomic E-state index is 12.6. The van der Waals surface area contributed by atoms with Crippen molar-refractivity contribution in [2.24, 2.45) is 5.92 Å². The Hall–Kier alpha value is -2.19. The van der Waals surface area contributed by atoms with Crippen LogP contribution in [0.1, 0.15) is 18.7 Å². The quantitative estimate of drug-likeness (QED) is 0.573. The first-order chi connectivity index (χ1) is 14.5. The molecule has 4 rings (SSSR count). The number of benzene rings is 1. The molecule has 3 aromatic rings. The third kappa shape index (κ3) is 5.10. The molecule has 156 valence electrons. The van der Waals surface area contributed by atoms with Gasteiger partial charge >= 0.3 is 0 Å². The van der Waals surface area contributed by atoms with E-state index < -0.39 is 0 Å². The Morgan fingerprint density at radius 3 is 2.77 bits per heavy atom. The first-order valence-electron chi connectivity index (χ1n) is 9.40. The van der Waals surface area contributed by atoms with Crippen molar-refractivity contribution < 1.29 is 9.21 Å². The van der Waals surface area contributed by atoms with E-state index in [1.54, 1.807) is 30.3 Å². The first kappa shape index (κ1) is 21.1. The van der Waals surface area contributed by atoms with Gasteiger partial charge in [0.25, 0.3) is 0 Å². The van der Waals surface area contributed by atoms with Gasteiger partial charge in [0.15, 0.2) is 0 Å². The summed E-state index contributed by atoms with van der Waals surface area (Å²) in [5.74, 6) is 1.09. The minimum absolute atomic E-state index is 0.0614. The number of carbonyl (C=O) groups excluding carboxylic acids is 1. The molecule has 10 heteroatoms. The third-order valence-electron chi connectivity index (χ3n) is 4.84. The summed E-state index contributed by atoms with van der Waals surface area (Å²) in [6.45, 7) is 1.91. The lowest BCUT2D eigenvalue weighted by Crippen LogP contribution is -2.40. The van der Waals surface area contributed by atoms with Gasteiger partial charge in [0.1, 0.15) is 5.82 Å². The molecule has 7 nitrogen and oxygen atoms in total. The lowest BCUT2D eigenvalue weighted by Gasteiger charge is -2.30. The summed E-state index contributed by atoms with van der Waals surface area (Å²) >= 11 is 18.0. The minimum atomic E-state index is -0.149. The fourth-order valence-electron chi connectivity index (χ4n) is 3.37. The van der Waals surface area contributed by atoms with Gasteiger partial charge in [0, 0.05) is 17.8 Å². The zero-order valence-electron chi connectivity index (χ0n) is 15.8. The van der Waals surface area contributed by atoms with E-state index in [9.17, 15) is 4.79 Å². The van der Waals surface area contributed by atoms with Crippen LogP contribution in [0.25, 0.3) is 11.5 Å². The standard InChI is InChI=1S/C20H18Cl3N5O2/c21-13-3-5-15(16(23)8-13)20-27-26-18(30-20)11-28-7-1-2-12(10-28)19(29)25-17-6-4-14(22)9-24-17/h3-6,8-9,12H,1-2,7,10-11H2,(H,24,25,29). The van der Waals surface area contributed by atoms with Gasteiger partial charge < -0.3 is 9.73 Å². The van der Waals surface area contributed by atoms with Crippen molar-refractivity contribution in [3.05, 3.63) is 57.5 Å². The van der Waals surface area contributed by atoms with E-state index in [1.165, 1.54) is 6.20 Å². The van der Waals surface area contributed by atoms with E-state index in [0.29, 0.717) is 51.3 Å². The van der Waals surface area contributed by atoms with Crippen LogP contribution < -0.4 is 5.32 Å². The Morgan fingerprint density at radius 1 is 1.17 bits per heavy atom. The van der Waals surface area contributed by atoms with E-state index >= 15 is 0 Å². The summed E-state index contributed by atoms with van der Waals surface area (Å²) in [5.41, 5.74) is 0.631. The van der Waals surface area contributed by atoms with Crippen molar-refractivity contribution in [3.8, 4) is 11.5 Å². The molecule has 1 atom stereocenters. The van der Waals surface area contributed by atoms with Crippen LogP contribution in [0.15, 0.2) is 40.9 Å². The predicted octanol–water partition coefficient (Wildman–Crippen LogP) is 4.94. The SMILES string of the molecule is O=C(Nc1ccc(Cl)cn1)C1CCCN(Cc2nnc(-c3ccc(Cl)cc3Cl)o2)C1. The van der Waals surface area contributed by atoms with Crippen LogP contribution in [0.4, 0.5) is 5.82 Å². The predicted molar refractivity (Wildman–Crippen MR) is 116 cm³/mol. The van der Waals surface area contributed by atoms with E-state index in [-0.39, 0.29) is 11.8 Å². The van der Waals surface area contributed by atoms with Crippen LogP contribution in [-0.2, 0) is 11.3 Å². The lowest BCUT2D eigenvalue weighted by atomic mass is 9.97. The van der Waals surface area contributed by atoms with Gasteiger partial charge in [-0.1, -0.05) is 34.8 Å². The molecule has 30 heavy (non-hydrogen) atoms. The van der Waals surface area contributed by atoms with Crippen LogP contribution >= 0.6 is 34.8 Å². The summed E-state index contributed by atoms with van der Waals surface area (Å²) in [7, 11) is 0. The number of halogens is 3. The topological polar surface area (TPSA) is 84.2 Å². The molecule has 0 aliphatic carbocycles. The monoisotopic (exact) mass is 465 g/mol. The maximum absolute atomic E-state index is 12.6. The molecule has 1 aromatic carbocycles. The Kier molecular flexibility index (Phi) is 6.53. The van der Waals surface area contributed by atoms with Crippen molar-refractivity contribution >= 4 is 46.5 Å².